The van der Waals surface area contributed by atoms with Crippen molar-refractivity contribution in [3.8, 4) is 5.75 Å². The van der Waals surface area contributed by atoms with Crippen LogP contribution < -0.4 is 10.1 Å². The number of hydrogen-bond donors (Lipinski definition) is 2. The zero-order valence-electron chi connectivity index (χ0n) is 13.8. The minimum atomic E-state index is -0.990. The molecule has 0 aliphatic carbocycles. The lowest BCUT2D eigenvalue weighted by atomic mass is 10.2. The normalized spacial score (nSPS) is 12.1. The topological polar surface area (TPSA) is 80.6 Å². The van der Waals surface area contributed by atoms with Crippen molar-refractivity contribution in [2.24, 2.45) is 0 Å². The molecule has 6 nitrogen and oxygen atoms in total. The summed E-state index contributed by atoms with van der Waals surface area (Å²) in [6.07, 6.45) is 4.49. The molecule has 0 saturated carbocycles. The molecule has 0 spiro atoms. The maximum absolute atomic E-state index is 12.0. The van der Waals surface area contributed by atoms with Crippen LogP contribution in [0, 0.1) is 0 Å². The summed E-state index contributed by atoms with van der Waals surface area (Å²) in [7, 11) is 1.62. The van der Waals surface area contributed by atoms with Gasteiger partial charge in [-0.05, 0) is 42.7 Å². The monoisotopic (exact) mass is 350 g/mol. The molecule has 7 heteroatoms. The first kappa shape index (κ1) is 18.2. The van der Waals surface area contributed by atoms with Gasteiger partial charge in [0, 0.05) is 30.1 Å². The standard InChI is InChI=1S/C17H22N2O4S/c1-23-13-3-4-15-12(11-13)5-8-19(15)9-6-16(20)18-14(17(21)22)7-10-24-2/h3-5,8,11,14H,6-7,9-10H2,1-2H3,(H,18,20)(H,21,22)/t14-/m0/s1. The van der Waals surface area contributed by atoms with Crippen LogP contribution in [-0.4, -0.2) is 46.7 Å². The number of thioether (sulfide) groups is 1. The van der Waals surface area contributed by atoms with Gasteiger partial charge < -0.3 is 19.7 Å². The molecular formula is C17H22N2O4S. The molecule has 2 aromatic rings. The van der Waals surface area contributed by atoms with Crippen LogP contribution in [-0.2, 0) is 16.1 Å². The van der Waals surface area contributed by atoms with Crippen molar-refractivity contribution in [2.45, 2.75) is 25.4 Å². The number of aryl methyl sites for hydroxylation is 1. The number of amides is 1. The highest BCUT2D eigenvalue weighted by Crippen LogP contribution is 2.22. The van der Waals surface area contributed by atoms with Gasteiger partial charge in [0.15, 0.2) is 0 Å². The third-order valence-electron chi connectivity index (χ3n) is 3.80. The summed E-state index contributed by atoms with van der Waals surface area (Å²) in [5, 5.41) is 12.8. The number of benzene rings is 1. The highest BCUT2D eigenvalue weighted by molar-refractivity contribution is 7.98. The maximum Gasteiger partial charge on any atom is 0.326 e. The Kier molecular flexibility index (Phi) is 6.54. The average molecular weight is 350 g/mol. The number of carbonyl (C=O) groups is 2. The van der Waals surface area contributed by atoms with Crippen molar-refractivity contribution in [1.29, 1.82) is 0 Å². The Morgan fingerprint density at radius 3 is 2.83 bits per heavy atom. The van der Waals surface area contributed by atoms with Crippen LogP contribution in [0.2, 0.25) is 0 Å². The maximum atomic E-state index is 12.0. The zero-order valence-corrected chi connectivity index (χ0v) is 14.6. The molecule has 1 aromatic heterocycles. The van der Waals surface area contributed by atoms with Gasteiger partial charge in [0.25, 0.3) is 0 Å². The van der Waals surface area contributed by atoms with Crippen molar-refractivity contribution < 1.29 is 19.4 Å². The molecule has 0 fully saturated rings. The summed E-state index contributed by atoms with van der Waals surface area (Å²) in [6, 6.07) is 6.91. The van der Waals surface area contributed by atoms with E-state index in [4.69, 9.17) is 9.84 Å². The average Bonchev–Trinajstić information content (AvgIpc) is 2.98. The molecule has 130 valence electrons. The summed E-state index contributed by atoms with van der Waals surface area (Å²) in [4.78, 5) is 23.2. The van der Waals surface area contributed by atoms with E-state index < -0.39 is 12.0 Å². The number of carboxylic acid groups (broad SMARTS) is 1. The van der Waals surface area contributed by atoms with Crippen LogP contribution >= 0.6 is 11.8 Å². The number of carbonyl (C=O) groups excluding carboxylic acids is 1. The number of carboxylic acids is 1. The van der Waals surface area contributed by atoms with Crippen LogP contribution in [0.5, 0.6) is 5.75 Å². The lowest BCUT2D eigenvalue weighted by Crippen LogP contribution is -2.41. The molecule has 0 aliphatic rings. The van der Waals surface area contributed by atoms with Gasteiger partial charge in [-0.15, -0.1) is 0 Å². The number of ether oxygens (including phenoxy) is 1. The van der Waals surface area contributed by atoms with Crippen molar-refractivity contribution in [3.63, 3.8) is 0 Å². The summed E-state index contributed by atoms with van der Waals surface area (Å²) < 4.78 is 7.18. The molecule has 0 unspecified atom stereocenters. The first-order valence-corrected chi connectivity index (χ1v) is 9.08. The Balaban J connectivity index is 1.95. The van der Waals surface area contributed by atoms with Crippen LogP contribution in [0.15, 0.2) is 30.5 Å². The van der Waals surface area contributed by atoms with Crippen molar-refractivity contribution in [2.75, 3.05) is 19.1 Å². The van der Waals surface area contributed by atoms with Crippen LogP contribution in [0.4, 0.5) is 0 Å². The number of methoxy groups -OCH3 is 1. The lowest BCUT2D eigenvalue weighted by molar-refractivity contribution is -0.141. The molecule has 24 heavy (non-hydrogen) atoms. The number of nitrogens with one attached hydrogen (secondary N) is 1. The summed E-state index contributed by atoms with van der Waals surface area (Å²) in [5.74, 6) is 0.243. The number of hydrogen-bond acceptors (Lipinski definition) is 4. The molecule has 0 aliphatic heterocycles. The molecular weight excluding hydrogens is 328 g/mol. The van der Waals surface area contributed by atoms with Crippen molar-refractivity contribution >= 4 is 34.5 Å². The van der Waals surface area contributed by atoms with Gasteiger partial charge in [0.05, 0.1) is 7.11 Å². The molecule has 2 rings (SSSR count). The van der Waals surface area contributed by atoms with E-state index in [0.29, 0.717) is 18.7 Å². The fourth-order valence-corrected chi connectivity index (χ4v) is 2.95. The number of nitrogens with zero attached hydrogens (tertiary/aromatic N) is 1. The predicted molar refractivity (Wildman–Crippen MR) is 95.7 cm³/mol. The Morgan fingerprint density at radius 1 is 1.38 bits per heavy atom. The Labute approximate surface area is 145 Å². The minimum absolute atomic E-state index is 0.235. The molecule has 0 radical (unpaired) electrons. The van der Waals surface area contributed by atoms with Gasteiger partial charge in [0.1, 0.15) is 11.8 Å². The van der Waals surface area contributed by atoms with E-state index in [1.54, 1.807) is 18.9 Å². The third-order valence-corrected chi connectivity index (χ3v) is 4.45. The first-order chi connectivity index (χ1) is 11.5. The van der Waals surface area contributed by atoms with Crippen LogP contribution in [0.1, 0.15) is 12.8 Å². The summed E-state index contributed by atoms with van der Waals surface area (Å²) in [6.45, 7) is 0.497. The van der Waals surface area contributed by atoms with E-state index in [1.165, 1.54) is 0 Å². The second-order valence-electron chi connectivity index (χ2n) is 5.42. The fraction of sp³-hybridized carbons (Fsp3) is 0.412. The largest absolute Gasteiger partial charge is 0.497 e. The van der Waals surface area contributed by atoms with E-state index in [9.17, 15) is 9.59 Å². The molecule has 2 N–H and O–H groups in total. The molecule has 1 aromatic carbocycles. The number of aromatic nitrogens is 1. The van der Waals surface area contributed by atoms with Gasteiger partial charge in [0.2, 0.25) is 5.91 Å². The van der Waals surface area contributed by atoms with Gasteiger partial charge in [-0.2, -0.15) is 11.8 Å². The summed E-state index contributed by atoms with van der Waals surface area (Å²) in [5.41, 5.74) is 1.01. The fourth-order valence-electron chi connectivity index (χ4n) is 2.48. The Hall–Kier alpha value is -2.15. The van der Waals surface area contributed by atoms with Gasteiger partial charge >= 0.3 is 5.97 Å². The van der Waals surface area contributed by atoms with E-state index in [1.807, 2.05) is 41.3 Å². The molecule has 0 saturated heterocycles. The summed E-state index contributed by atoms with van der Waals surface area (Å²) >= 11 is 1.56. The first-order valence-electron chi connectivity index (χ1n) is 7.69. The number of aliphatic carboxylic acids is 1. The SMILES string of the molecule is COc1ccc2c(ccn2CCC(=O)N[C@@H](CCSC)C(=O)O)c1. The third kappa shape index (κ3) is 4.67. The van der Waals surface area contributed by atoms with Crippen molar-refractivity contribution in [1.82, 2.24) is 9.88 Å². The van der Waals surface area contributed by atoms with Crippen LogP contribution in [0.3, 0.4) is 0 Å². The predicted octanol–water partition coefficient (Wildman–Crippen LogP) is 2.36. The smallest absolute Gasteiger partial charge is 0.326 e. The number of rotatable bonds is 9. The van der Waals surface area contributed by atoms with Crippen molar-refractivity contribution in [3.05, 3.63) is 30.5 Å². The van der Waals surface area contributed by atoms with Gasteiger partial charge in [-0.3, -0.25) is 4.79 Å². The molecule has 1 heterocycles. The Morgan fingerprint density at radius 2 is 2.17 bits per heavy atom. The molecule has 1 amide bonds. The second kappa shape index (κ2) is 8.63. The van der Waals surface area contributed by atoms with E-state index in [0.717, 1.165) is 16.7 Å². The van der Waals surface area contributed by atoms with Crippen LogP contribution in [0.25, 0.3) is 10.9 Å². The highest BCUT2D eigenvalue weighted by Gasteiger charge is 2.19. The van der Waals surface area contributed by atoms with Gasteiger partial charge in [-0.25, -0.2) is 4.79 Å². The minimum Gasteiger partial charge on any atom is -0.497 e. The number of fused-ring (bicyclic) bond motifs is 1. The second-order valence-corrected chi connectivity index (χ2v) is 6.41. The molecule has 0 bridgehead atoms. The van der Waals surface area contributed by atoms with E-state index in [2.05, 4.69) is 5.32 Å². The van der Waals surface area contributed by atoms with Gasteiger partial charge in [-0.1, -0.05) is 0 Å². The highest BCUT2D eigenvalue weighted by atomic mass is 32.2. The van der Waals surface area contributed by atoms with E-state index in [-0.39, 0.29) is 12.3 Å². The lowest BCUT2D eigenvalue weighted by Gasteiger charge is -2.14. The zero-order chi connectivity index (χ0) is 17.5. The Bertz CT molecular complexity index is 714. The van der Waals surface area contributed by atoms with E-state index >= 15 is 0 Å². The quantitative estimate of drug-likeness (QED) is 0.726. The molecule has 1 atom stereocenters.